The van der Waals surface area contributed by atoms with Crippen molar-refractivity contribution in [3.05, 3.63) is 35.7 Å². The molecule has 2 aromatic rings. The fourth-order valence-electron chi connectivity index (χ4n) is 2.92. The van der Waals surface area contributed by atoms with Crippen molar-refractivity contribution in [3.63, 3.8) is 0 Å². The summed E-state index contributed by atoms with van der Waals surface area (Å²) in [7, 11) is 0. The molecule has 3 rings (SSSR count). The number of rotatable bonds is 3. The lowest BCUT2D eigenvalue weighted by Crippen LogP contribution is -2.26. The molecule has 1 aromatic heterocycles. The third kappa shape index (κ3) is 2.75. The van der Waals surface area contributed by atoms with Gasteiger partial charge in [0, 0.05) is 12.0 Å². The summed E-state index contributed by atoms with van der Waals surface area (Å²) in [5.74, 6) is 1.53. The van der Waals surface area contributed by atoms with Gasteiger partial charge in [-0.2, -0.15) is 4.98 Å². The van der Waals surface area contributed by atoms with E-state index in [2.05, 4.69) is 10.1 Å². The van der Waals surface area contributed by atoms with E-state index in [1.54, 1.807) is 0 Å². The van der Waals surface area contributed by atoms with Crippen LogP contribution in [-0.2, 0) is 6.42 Å². The molecule has 0 aliphatic heterocycles. The molecule has 0 bridgehead atoms. The van der Waals surface area contributed by atoms with Gasteiger partial charge in [0.05, 0.1) is 6.10 Å². The monoisotopic (exact) mass is 272 g/mol. The molecule has 1 heterocycles. The molecule has 1 N–H and O–H groups in total. The number of aliphatic hydroxyl groups excluding tert-OH is 1. The standard InChI is InChI=1S/C16H20N2O2/c1-11-6-2-4-8-13(11)16-17-15(20-18-16)10-12-7-3-5-9-14(12)19/h2,4,6,8,12,14,19H,3,5,7,9-10H2,1H3. The van der Waals surface area contributed by atoms with Gasteiger partial charge in [-0.25, -0.2) is 0 Å². The molecule has 0 saturated heterocycles. The van der Waals surface area contributed by atoms with Gasteiger partial charge in [-0.15, -0.1) is 0 Å². The first kappa shape index (κ1) is 13.3. The third-order valence-electron chi connectivity index (χ3n) is 4.16. The van der Waals surface area contributed by atoms with Crippen LogP contribution in [0.25, 0.3) is 11.4 Å². The van der Waals surface area contributed by atoms with Crippen LogP contribution in [0.4, 0.5) is 0 Å². The molecule has 4 nitrogen and oxygen atoms in total. The van der Waals surface area contributed by atoms with Crippen molar-refractivity contribution < 1.29 is 9.63 Å². The van der Waals surface area contributed by atoms with Gasteiger partial charge in [0.25, 0.3) is 0 Å². The van der Waals surface area contributed by atoms with Crippen LogP contribution >= 0.6 is 0 Å². The van der Waals surface area contributed by atoms with Crippen LogP contribution in [0.3, 0.4) is 0 Å². The second-order valence-electron chi connectivity index (χ2n) is 5.64. The van der Waals surface area contributed by atoms with E-state index in [-0.39, 0.29) is 12.0 Å². The first-order valence-electron chi connectivity index (χ1n) is 7.30. The first-order chi connectivity index (χ1) is 9.74. The Balaban J connectivity index is 1.75. The zero-order valence-electron chi connectivity index (χ0n) is 11.7. The van der Waals surface area contributed by atoms with Crippen molar-refractivity contribution in [2.24, 2.45) is 5.92 Å². The molecule has 0 spiro atoms. The lowest BCUT2D eigenvalue weighted by Gasteiger charge is -2.26. The number of hydrogen-bond acceptors (Lipinski definition) is 4. The highest BCUT2D eigenvalue weighted by atomic mass is 16.5. The summed E-state index contributed by atoms with van der Waals surface area (Å²) < 4.78 is 5.35. The molecule has 1 aliphatic rings. The van der Waals surface area contributed by atoms with Crippen LogP contribution in [0.15, 0.2) is 28.8 Å². The van der Waals surface area contributed by atoms with Crippen molar-refractivity contribution in [1.82, 2.24) is 10.1 Å². The Labute approximate surface area is 118 Å². The summed E-state index contributed by atoms with van der Waals surface area (Å²) in [6.07, 6.45) is 4.70. The van der Waals surface area contributed by atoms with Gasteiger partial charge in [-0.3, -0.25) is 0 Å². The number of nitrogens with zero attached hydrogens (tertiary/aromatic N) is 2. The summed E-state index contributed by atoms with van der Waals surface area (Å²) in [5.41, 5.74) is 2.14. The molecule has 1 saturated carbocycles. The van der Waals surface area contributed by atoms with Gasteiger partial charge < -0.3 is 9.63 Å². The van der Waals surface area contributed by atoms with E-state index in [4.69, 9.17) is 4.52 Å². The molecule has 1 aromatic carbocycles. The van der Waals surface area contributed by atoms with E-state index in [0.29, 0.717) is 18.1 Å². The smallest absolute Gasteiger partial charge is 0.227 e. The number of benzene rings is 1. The summed E-state index contributed by atoms with van der Waals surface area (Å²) in [6.45, 7) is 2.04. The van der Waals surface area contributed by atoms with Gasteiger partial charge in [0.2, 0.25) is 11.7 Å². The van der Waals surface area contributed by atoms with Gasteiger partial charge in [0.15, 0.2) is 0 Å². The van der Waals surface area contributed by atoms with Crippen molar-refractivity contribution in [2.75, 3.05) is 0 Å². The first-order valence-corrected chi connectivity index (χ1v) is 7.30. The highest BCUT2D eigenvalue weighted by Crippen LogP contribution is 2.28. The molecule has 0 amide bonds. The Morgan fingerprint density at radius 3 is 2.85 bits per heavy atom. The van der Waals surface area contributed by atoms with Gasteiger partial charge >= 0.3 is 0 Å². The molecule has 2 atom stereocenters. The van der Waals surface area contributed by atoms with Crippen molar-refractivity contribution in [1.29, 1.82) is 0 Å². The maximum Gasteiger partial charge on any atom is 0.227 e. The summed E-state index contributed by atoms with van der Waals surface area (Å²) in [6, 6.07) is 8.01. The average molecular weight is 272 g/mol. The highest BCUT2D eigenvalue weighted by Gasteiger charge is 2.25. The van der Waals surface area contributed by atoms with Gasteiger partial charge in [-0.1, -0.05) is 42.3 Å². The minimum Gasteiger partial charge on any atom is -0.393 e. The minimum absolute atomic E-state index is 0.224. The number of aromatic nitrogens is 2. The molecular weight excluding hydrogens is 252 g/mol. The quantitative estimate of drug-likeness (QED) is 0.932. The Morgan fingerprint density at radius 2 is 2.05 bits per heavy atom. The summed E-state index contributed by atoms with van der Waals surface area (Å²) in [4.78, 5) is 4.48. The lowest BCUT2D eigenvalue weighted by atomic mass is 9.84. The van der Waals surface area contributed by atoms with Crippen LogP contribution < -0.4 is 0 Å². The molecule has 20 heavy (non-hydrogen) atoms. The second-order valence-corrected chi connectivity index (χ2v) is 5.64. The van der Waals surface area contributed by atoms with Crippen LogP contribution in [0.2, 0.25) is 0 Å². The Hall–Kier alpha value is -1.68. The Kier molecular flexibility index (Phi) is 3.83. The van der Waals surface area contributed by atoms with Gasteiger partial charge in [0.1, 0.15) is 0 Å². The molecule has 1 fully saturated rings. The fourth-order valence-corrected chi connectivity index (χ4v) is 2.92. The van der Waals surface area contributed by atoms with E-state index in [0.717, 1.165) is 30.4 Å². The normalized spacial score (nSPS) is 22.9. The van der Waals surface area contributed by atoms with Crippen LogP contribution in [0, 0.1) is 12.8 Å². The van der Waals surface area contributed by atoms with Gasteiger partial charge in [-0.05, 0) is 31.2 Å². The fraction of sp³-hybridized carbons (Fsp3) is 0.500. The van der Waals surface area contributed by atoms with E-state index >= 15 is 0 Å². The van der Waals surface area contributed by atoms with E-state index < -0.39 is 0 Å². The van der Waals surface area contributed by atoms with E-state index in [1.165, 1.54) is 6.42 Å². The molecule has 0 radical (unpaired) electrons. The molecule has 106 valence electrons. The lowest BCUT2D eigenvalue weighted by molar-refractivity contribution is 0.0657. The topological polar surface area (TPSA) is 59.2 Å². The molecule has 1 aliphatic carbocycles. The van der Waals surface area contributed by atoms with E-state index in [1.807, 2.05) is 31.2 Å². The third-order valence-corrected chi connectivity index (χ3v) is 4.16. The maximum absolute atomic E-state index is 10.0. The molecule has 4 heteroatoms. The van der Waals surface area contributed by atoms with E-state index in [9.17, 15) is 5.11 Å². The Morgan fingerprint density at radius 1 is 1.25 bits per heavy atom. The van der Waals surface area contributed by atoms with Crippen molar-refractivity contribution >= 4 is 0 Å². The zero-order chi connectivity index (χ0) is 13.9. The second kappa shape index (κ2) is 5.75. The predicted molar refractivity (Wildman–Crippen MR) is 76.1 cm³/mol. The molecule has 2 unspecified atom stereocenters. The highest BCUT2D eigenvalue weighted by molar-refractivity contribution is 5.58. The summed E-state index contributed by atoms with van der Waals surface area (Å²) in [5, 5.41) is 14.1. The molecular formula is C16H20N2O2. The average Bonchev–Trinajstić information content (AvgIpc) is 2.90. The largest absolute Gasteiger partial charge is 0.393 e. The predicted octanol–water partition coefficient (Wildman–Crippen LogP) is 3.14. The SMILES string of the molecule is Cc1ccccc1-c1noc(CC2CCCCC2O)n1. The summed E-state index contributed by atoms with van der Waals surface area (Å²) >= 11 is 0. The van der Waals surface area contributed by atoms with Crippen LogP contribution in [-0.4, -0.2) is 21.4 Å². The van der Waals surface area contributed by atoms with Crippen LogP contribution in [0.5, 0.6) is 0 Å². The zero-order valence-corrected chi connectivity index (χ0v) is 11.7. The number of hydrogen-bond donors (Lipinski definition) is 1. The maximum atomic E-state index is 10.0. The van der Waals surface area contributed by atoms with Crippen molar-refractivity contribution in [3.8, 4) is 11.4 Å². The Bertz CT molecular complexity index is 579. The van der Waals surface area contributed by atoms with Crippen LogP contribution in [0.1, 0.15) is 37.1 Å². The minimum atomic E-state index is -0.224. The number of aliphatic hydroxyl groups is 1. The van der Waals surface area contributed by atoms with Crippen molar-refractivity contribution in [2.45, 2.75) is 45.1 Å². The number of aryl methyl sites for hydroxylation is 1.